The van der Waals surface area contributed by atoms with Crippen molar-refractivity contribution in [3.63, 3.8) is 0 Å². The van der Waals surface area contributed by atoms with Crippen LogP contribution in [0.15, 0.2) is 72.8 Å². The second-order valence-electron chi connectivity index (χ2n) is 8.83. The van der Waals surface area contributed by atoms with Crippen LogP contribution in [0, 0.1) is 5.82 Å². The second-order valence-corrected chi connectivity index (χ2v) is 8.83. The minimum Gasteiger partial charge on any atom is -0.350 e. The van der Waals surface area contributed by atoms with Crippen molar-refractivity contribution in [3.05, 3.63) is 101 Å². The van der Waals surface area contributed by atoms with Gasteiger partial charge in [-0.3, -0.25) is 19.3 Å². The van der Waals surface area contributed by atoms with Crippen LogP contribution in [0.5, 0.6) is 0 Å². The largest absolute Gasteiger partial charge is 0.350 e. The molecule has 1 unspecified atom stereocenters. The topological polar surface area (TPSA) is 108 Å². The number of halogens is 1. The van der Waals surface area contributed by atoms with Gasteiger partial charge in [0, 0.05) is 17.8 Å². The number of anilines is 1. The van der Waals surface area contributed by atoms with Gasteiger partial charge in [-0.25, -0.2) is 9.18 Å². The van der Waals surface area contributed by atoms with E-state index < -0.39 is 41.7 Å². The number of carbonyl (C=O) groups excluding carboxylic acids is 4. The van der Waals surface area contributed by atoms with Crippen molar-refractivity contribution < 1.29 is 23.6 Å². The fourth-order valence-corrected chi connectivity index (χ4v) is 4.73. The van der Waals surface area contributed by atoms with Gasteiger partial charge in [-0.2, -0.15) is 0 Å². The Balaban J connectivity index is 1.19. The van der Waals surface area contributed by atoms with Gasteiger partial charge in [0.1, 0.15) is 17.9 Å². The maximum absolute atomic E-state index is 13.4. The average molecular weight is 487 g/mol. The lowest BCUT2D eigenvalue weighted by Gasteiger charge is -2.22. The molecule has 1 atom stereocenters. The minimum absolute atomic E-state index is 0.125. The molecule has 1 spiro atoms. The molecule has 1 aliphatic carbocycles. The van der Waals surface area contributed by atoms with Crippen LogP contribution in [-0.4, -0.2) is 35.2 Å². The Morgan fingerprint density at radius 1 is 1.00 bits per heavy atom. The fraction of sp³-hybridized carbons (Fsp3) is 0.185. The van der Waals surface area contributed by atoms with Crippen LogP contribution in [-0.2, 0) is 28.1 Å². The van der Waals surface area contributed by atoms with Crippen LogP contribution in [0.2, 0.25) is 0 Å². The first kappa shape index (κ1) is 23.2. The Morgan fingerprint density at radius 3 is 2.64 bits per heavy atom. The Bertz CT molecular complexity index is 1390. The fourth-order valence-electron chi connectivity index (χ4n) is 4.73. The summed E-state index contributed by atoms with van der Waals surface area (Å²) in [6.07, 6.45) is 1.14. The molecule has 1 saturated heterocycles. The van der Waals surface area contributed by atoms with Crippen molar-refractivity contribution in [1.82, 2.24) is 15.5 Å². The summed E-state index contributed by atoms with van der Waals surface area (Å²) in [5.41, 5.74) is 2.04. The van der Waals surface area contributed by atoms with E-state index in [4.69, 9.17) is 0 Å². The highest BCUT2D eigenvalue weighted by molar-refractivity contribution is 6.10. The number of urea groups is 1. The molecule has 36 heavy (non-hydrogen) atoms. The Hall–Kier alpha value is -4.53. The predicted octanol–water partition coefficient (Wildman–Crippen LogP) is 3.09. The number of carbonyl (C=O) groups is 4. The quantitative estimate of drug-likeness (QED) is 0.466. The summed E-state index contributed by atoms with van der Waals surface area (Å²) in [6.45, 7) is -0.273. The zero-order valence-electron chi connectivity index (χ0n) is 19.2. The van der Waals surface area contributed by atoms with Crippen LogP contribution < -0.4 is 16.0 Å². The number of nitrogens with zero attached hydrogens (tertiary/aromatic N) is 1. The van der Waals surface area contributed by atoms with Crippen molar-refractivity contribution in [2.75, 3.05) is 11.9 Å². The van der Waals surface area contributed by atoms with Crippen molar-refractivity contribution in [1.29, 1.82) is 0 Å². The zero-order valence-corrected chi connectivity index (χ0v) is 19.2. The van der Waals surface area contributed by atoms with E-state index in [0.717, 1.165) is 22.1 Å². The van der Waals surface area contributed by atoms with E-state index in [2.05, 4.69) is 16.0 Å². The van der Waals surface area contributed by atoms with Crippen LogP contribution >= 0.6 is 0 Å². The average Bonchev–Trinajstić information content (AvgIpc) is 3.36. The molecule has 0 saturated carbocycles. The molecule has 3 aromatic carbocycles. The first-order chi connectivity index (χ1) is 17.4. The predicted molar refractivity (Wildman–Crippen MR) is 129 cm³/mol. The van der Waals surface area contributed by atoms with Gasteiger partial charge in [0.05, 0.1) is 0 Å². The van der Waals surface area contributed by atoms with Crippen molar-refractivity contribution in [2.45, 2.75) is 24.9 Å². The molecule has 3 N–H and O–H groups in total. The molecule has 182 valence electrons. The summed E-state index contributed by atoms with van der Waals surface area (Å²) in [5.74, 6) is -1.88. The molecule has 3 aromatic rings. The SMILES string of the molecule is O=C(CN1C(=O)NC2(CCc3ccccc32)C1=O)NCc1cccc(NC(=O)c2cccc(F)c2)c1. The molecule has 2 aliphatic rings. The van der Waals surface area contributed by atoms with E-state index in [1.165, 1.54) is 18.2 Å². The van der Waals surface area contributed by atoms with E-state index in [0.29, 0.717) is 24.1 Å². The van der Waals surface area contributed by atoms with Gasteiger partial charge in [0.15, 0.2) is 0 Å². The minimum atomic E-state index is -1.11. The number of amides is 5. The third-order valence-electron chi connectivity index (χ3n) is 6.49. The molecule has 1 aliphatic heterocycles. The third kappa shape index (κ3) is 4.31. The molecule has 0 bridgehead atoms. The lowest BCUT2D eigenvalue weighted by Crippen LogP contribution is -2.43. The van der Waals surface area contributed by atoms with Crippen LogP contribution in [0.25, 0.3) is 0 Å². The van der Waals surface area contributed by atoms with E-state index in [1.54, 1.807) is 24.3 Å². The number of nitrogens with one attached hydrogen (secondary N) is 3. The van der Waals surface area contributed by atoms with Crippen LogP contribution in [0.3, 0.4) is 0 Å². The van der Waals surface area contributed by atoms with Crippen LogP contribution in [0.1, 0.15) is 33.5 Å². The highest BCUT2D eigenvalue weighted by atomic mass is 19.1. The first-order valence-electron chi connectivity index (χ1n) is 11.5. The lowest BCUT2D eigenvalue weighted by atomic mass is 9.92. The van der Waals surface area contributed by atoms with Crippen LogP contribution in [0.4, 0.5) is 14.9 Å². The van der Waals surface area contributed by atoms with Gasteiger partial charge < -0.3 is 16.0 Å². The van der Waals surface area contributed by atoms with E-state index in [-0.39, 0.29) is 12.1 Å². The van der Waals surface area contributed by atoms with Crippen molar-refractivity contribution in [3.8, 4) is 0 Å². The first-order valence-corrected chi connectivity index (χ1v) is 11.5. The Labute approximate surface area is 206 Å². The normalized spacial score (nSPS) is 18.2. The second kappa shape index (κ2) is 9.26. The smallest absolute Gasteiger partial charge is 0.325 e. The highest BCUT2D eigenvalue weighted by Crippen LogP contribution is 2.41. The summed E-state index contributed by atoms with van der Waals surface area (Å²) in [6, 6.07) is 19.1. The molecule has 8 nitrogen and oxygen atoms in total. The standard InChI is InChI=1S/C27H23FN4O4/c28-20-8-4-7-19(14-20)24(34)30-21-9-3-5-17(13-21)15-29-23(33)16-32-25(35)27(31-26(32)36)12-11-18-6-1-2-10-22(18)27/h1-10,13-14H,11-12,15-16H2,(H,29,33)(H,30,34)(H,31,36). The summed E-state index contributed by atoms with van der Waals surface area (Å²) in [4.78, 5) is 51.7. The summed E-state index contributed by atoms with van der Waals surface area (Å²) in [7, 11) is 0. The van der Waals surface area contributed by atoms with Gasteiger partial charge in [-0.05, 0) is 59.9 Å². The van der Waals surface area contributed by atoms with Gasteiger partial charge >= 0.3 is 6.03 Å². The summed E-state index contributed by atoms with van der Waals surface area (Å²) >= 11 is 0. The Morgan fingerprint density at radius 2 is 1.81 bits per heavy atom. The zero-order chi connectivity index (χ0) is 25.3. The number of rotatable bonds is 6. The Kier molecular flexibility index (Phi) is 5.97. The van der Waals surface area contributed by atoms with E-state index >= 15 is 0 Å². The molecule has 5 rings (SSSR count). The molecule has 0 aromatic heterocycles. The number of hydrogen-bond acceptors (Lipinski definition) is 4. The van der Waals surface area contributed by atoms with Gasteiger partial charge in [-0.15, -0.1) is 0 Å². The van der Waals surface area contributed by atoms with Gasteiger partial charge in [0.2, 0.25) is 5.91 Å². The molecule has 1 heterocycles. The number of benzene rings is 3. The van der Waals surface area contributed by atoms with Crippen molar-refractivity contribution in [2.24, 2.45) is 0 Å². The molecule has 9 heteroatoms. The van der Waals surface area contributed by atoms with E-state index in [1.807, 2.05) is 24.3 Å². The summed E-state index contributed by atoms with van der Waals surface area (Å²) in [5, 5.41) is 8.21. The monoisotopic (exact) mass is 486 g/mol. The van der Waals surface area contributed by atoms with Crippen molar-refractivity contribution >= 4 is 29.4 Å². The number of fused-ring (bicyclic) bond motifs is 2. The number of aryl methyl sites for hydroxylation is 1. The van der Waals surface area contributed by atoms with E-state index in [9.17, 15) is 23.6 Å². The van der Waals surface area contributed by atoms with Gasteiger partial charge in [0.25, 0.3) is 11.8 Å². The lowest BCUT2D eigenvalue weighted by molar-refractivity contribution is -0.135. The third-order valence-corrected chi connectivity index (χ3v) is 6.49. The number of hydrogen-bond donors (Lipinski definition) is 3. The molecule has 0 radical (unpaired) electrons. The number of imide groups is 1. The molecule has 5 amide bonds. The molecular weight excluding hydrogens is 463 g/mol. The maximum Gasteiger partial charge on any atom is 0.325 e. The molecular formula is C27H23FN4O4. The van der Waals surface area contributed by atoms with Gasteiger partial charge in [-0.1, -0.05) is 42.5 Å². The summed E-state index contributed by atoms with van der Waals surface area (Å²) < 4.78 is 13.4. The highest BCUT2D eigenvalue weighted by Gasteiger charge is 2.55. The maximum atomic E-state index is 13.4. The molecule has 1 fully saturated rings.